The number of ketones is 1. The molecule has 0 aliphatic heterocycles. The zero-order valence-corrected chi connectivity index (χ0v) is 10.3. The standard InChI is InChI=1S/C10H19N5O3/c1-6(16)5-8(17)15-7(9(11)18)3-2-4-14-10(12)13/h7H,2-5H2,1H3,(H2,11,18)(H,15,17)(H4,12,13,14)/t7-/m0/s1. The molecule has 0 aliphatic carbocycles. The van der Waals surface area contributed by atoms with Crippen molar-refractivity contribution in [3.05, 3.63) is 0 Å². The summed E-state index contributed by atoms with van der Waals surface area (Å²) in [6.45, 7) is 1.63. The minimum absolute atomic E-state index is 0.0359. The van der Waals surface area contributed by atoms with Gasteiger partial charge in [0.2, 0.25) is 11.8 Å². The van der Waals surface area contributed by atoms with Gasteiger partial charge in [0.25, 0.3) is 0 Å². The molecule has 0 bridgehead atoms. The normalized spacial score (nSPS) is 11.4. The summed E-state index contributed by atoms with van der Waals surface area (Å²) in [4.78, 5) is 36.8. The number of aliphatic imine (C=N–C) groups is 1. The van der Waals surface area contributed by atoms with Gasteiger partial charge in [0, 0.05) is 6.54 Å². The van der Waals surface area contributed by atoms with Crippen molar-refractivity contribution in [2.75, 3.05) is 6.54 Å². The van der Waals surface area contributed by atoms with E-state index in [9.17, 15) is 14.4 Å². The van der Waals surface area contributed by atoms with Crippen molar-refractivity contribution < 1.29 is 14.4 Å². The SMILES string of the molecule is CC(=O)CC(=O)N[C@@H](CCCN=C(N)N)C(N)=O. The molecule has 0 aliphatic rings. The fourth-order valence-electron chi connectivity index (χ4n) is 1.26. The number of nitrogens with one attached hydrogen (secondary N) is 1. The molecule has 0 radical (unpaired) electrons. The minimum atomic E-state index is -0.814. The monoisotopic (exact) mass is 257 g/mol. The summed E-state index contributed by atoms with van der Waals surface area (Å²) in [5, 5.41) is 2.39. The average Bonchev–Trinajstić information content (AvgIpc) is 2.20. The van der Waals surface area contributed by atoms with Crippen molar-refractivity contribution in [2.24, 2.45) is 22.2 Å². The predicted octanol–water partition coefficient (Wildman–Crippen LogP) is -2.01. The van der Waals surface area contributed by atoms with Gasteiger partial charge in [-0.15, -0.1) is 0 Å². The van der Waals surface area contributed by atoms with E-state index in [1.165, 1.54) is 6.92 Å². The van der Waals surface area contributed by atoms with Crippen molar-refractivity contribution in [3.63, 3.8) is 0 Å². The Kier molecular flexibility index (Phi) is 7.10. The number of carbonyl (C=O) groups excluding carboxylic acids is 3. The first-order valence-electron chi connectivity index (χ1n) is 5.46. The first kappa shape index (κ1) is 15.9. The number of amides is 2. The highest BCUT2D eigenvalue weighted by atomic mass is 16.2. The van der Waals surface area contributed by atoms with Gasteiger partial charge in [-0.1, -0.05) is 0 Å². The van der Waals surface area contributed by atoms with Crippen molar-refractivity contribution >= 4 is 23.6 Å². The number of primary amides is 1. The van der Waals surface area contributed by atoms with Gasteiger partial charge in [0.05, 0.1) is 6.42 Å². The van der Waals surface area contributed by atoms with Gasteiger partial charge in [-0.05, 0) is 19.8 Å². The molecule has 0 saturated carbocycles. The Morgan fingerprint density at radius 2 is 1.83 bits per heavy atom. The Labute approximate surface area is 105 Å². The molecular formula is C10H19N5O3. The first-order valence-corrected chi connectivity index (χ1v) is 5.46. The van der Waals surface area contributed by atoms with E-state index < -0.39 is 17.9 Å². The molecule has 1 atom stereocenters. The van der Waals surface area contributed by atoms with Crippen LogP contribution < -0.4 is 22.5 Å². The van der Waals surface area contributed by atoms with Crippen LogP contribution in [0.3, 0.4) is 0 Å². The van der Waals surface area contributed by atoms with Gasteiger partial charge in [-0.25, -0.2) is 0 Å². The molecule has 7 N–H and O–H groups in total. The Morgan fingerprint density at radius 1 is 1.22 bits per heavy atom. The second-order valence-electron chi connectivity index (χ2n) is 3.85. The maximum Gasteiger partial charge on any atom is 0.240 e. The average molecular weight is 257 g/mol. The Morgan fingerprint density at radius 3 is 2.28 bits per heavy atom. The number of rotatable bonds is 8. The number of hydrogen-bond donors (Lipinski definition) is 4. The summed E-state index contributed by atoms with van der Waals surface area (Å²) in [6.07, 6.45) is 0.541. The summed E-state index contributed by atoms with van der Waals surface area (Å²) < 4.78 is 0. The van der Waals surface area contributed by atoms with E-state index in [1.807, 2.05) is 0 Å². The van der Waals surface area contributed by atoms with Crippen LogP contribution in [0.25, 0.3) is 0 Å². The summed E-state index contributed by atoms with van der Waals surface area (Å²) >= 11 is 0. The number of hydrogen-bond acceptors (Lipinski definition) is 4. The van der Waals surface area contributed by atoms with Crippen molar-refractivity contribution in [3.8, 4) is 0 Å². The van der Waals surface area contributed by atoms with Gasteiger partial charge >= 0.3 is 0 Å². The first-order chi connectivity index (χ1) is 8.32. The van der Waals surface area contributed by atoms with Gasteiger partial charge in [-0.3, -0.25) is 19.4 Å². The maximum atomic E-state index is 11.3. The van der Waals surface area contributed by atoms with Gasteiger partial charge in [0.1, 0.15) is 11.8 Å². The molecule has 18 heavy (non-hydrogen) atoms. The van der Waals surface area contributed by atoms with Gasteiger partial charge < -0.3 is 22.5 Å². The second-order valence-corrected chi connectivity index (χ2v) is 3.85. The number of nitrogens with two attached hydrogens (primary N) is 3. The molecule has 0 spiro atoms. The topological polar surface area (TPSA) is 154 Å². The van der Waals surface area contributed by atoms with E-state index in [-0.39, 0.29) is 18.2 Å². The molecule has 0 rings (SSSR count). The third-order valence-electron chi connectivity index (χ3n) is 2.03. The number of carbonyl (C=O) groups is 3. The molecule has 102 valence electrons. The molecule has 0 heterocycles. The molecule has 0 saturated heterocycles. The van der Waals surface area contributed by atoms with Crippen molar-refractivity contribution in [1.29, 1.82) is 0 Å². The van der Waals surface area contributed by atoms with Crippen LogP contribution in [0.2, 0.25) is 0 Å². The fraction of sp³-hybridized carbons (Fsp3) is 0.600. The molecule has 8 heteroatoms. The molecular weight excluding hydrogens is 238 g/mol. The largest absolute Gasteiger partial charge is 0.370 e. The summed E-state index contributed by atoms with van der Waals surface area (Å²) in [6, 6.07) is -0.814. The minimum Gasteiger partial charge on any atom is -0.370 e. The summed E-state index contributed by atoms with van der Waals surface area (Å²) in [5.41, 5.74) is 15.4. The Balaban J connectivity index is 4.15. The van der Waals surface area contributed by atoms with Crippen LogP contribution in [-0.2, 0) is 14.4 Å². The molecule has 0 unspecified atom stereocenters. The predicted molar refractivity (Wildman–Crippen MR) is 66.3 cm³/mol. The zero-order chi connectivity index (χ0) is 14.1. The van der Waals surface area contributed by atoms with Crippen LogP contribution in [0.5, 0.6) is 0 Å². The lowest BCUT2D eigenvalue weighted by Gasteiger charge is -2.14. The maximum absolute atomic E-state index is 11.3. The Bertz CT molecular complexity index is 349. The highest BCUT2D eigenvalue weighted by molar-refractivity contribution is 5.98. The third-order valence-corrected chi connectivity index (χ3v) is 2.03. The van der Waals surface area contributed by atoms with Gasteiger partial charge in [-0.2, -0.15) is 0 Å². The Hall–Kier alpha value is -2.12. The lowest BCUT2D eigenvalue weighted by atomic mass is 10.1. The van der Waals surface area contributed by atoms with Crippen LogP contribution in [0.15, 0.2) is 4.99 Å². The van der Waals surface area contributed by atoms with E-state index in [0.29, 0.717) is 19.4 Å². The zero-order valence-electron chi connectivity index (χ0n) is 10.3. The molecule has 0 aromatic carbocycles. The van der Waals surface area contributed by atoms with Crippen LogP contribution in [-0.4, -0.2) is 36.1 Å². The smallest absolute Gasteiger partial charge is 0.240 e. The molecule has 8 nitrogen and oxygen atoms in total. The lowest BCUT2D eigenvalue weighted by Crippen LogP contribution is -2.44. The molecule has 2 amide bonds. The van der Waals surface area contributed by atoms with E-state index in [1.54, 1.807) is 0 Å². The van der Waals surface area contributed by atoms with E-state index in [4.69, 9.17) is 17.2 Å². The van der Waals surface area contributed by atoms with E-state index >= 15 is 0 Å². The fourth-order valence-corrected chi connectivity index (χ4v) is 1.26. The summed E-state index contributed by atoms with van der Waals surface area (Å²) in [7, 11) is 0. The molecule has 0 fully saturated rings. The second kappa shape index (κ2) is 8.04. The molecule has 0 aromatic rings. The van der Waals surface area contributed by atoms with Gasteiger partial charge in [0.15, 0.2) is 5.96 Å². The highest BCUT2D eigenvalue weighted by Gasteiger charge is 2.18. The van der Waals surface area contributed by atoms with E-state index in [0.717, 1.165) is 0 Å². The van der Waals surface area contributed by atoms with Crippen molar-refractivity contribution in [2.45, 2.75) is 32.2 Å². The molecule has 0 aromatic heterocycles. The number of Topliss-reactive ketones (excluding diaryl/α,β-unsaturated/α-hetero) is 1. The van der Waals surface area contributed by atoms with Crippen LogP contribution in [0.4, 0.5) is 0 Å². The lowest BCUT2D eigenvalue weighted by molar-refractivity contribution is -0.130. The van der Waals surface area contributed by atoms with E-state index in [2.05, 4.69) is 10.3 Å². The van der Waals surface area contributed by atoms with Crippen LogP contribution in [0.1, 0.15) is 26.2 Å². The quantitative estimate of drug-likeness (QED) is 0.171. The van der Waals surface area contributed by atoms with Crippen LogP contribution in [0, 0.1) is 0 Å². The summed E-state index contributed by atoms with van der Waals surface area (Å²) in [5.74, 6) is -1.49. The highest BCUT2D eigenvalue weighted by Crippen LogP contribution is 1.98. The third kappa shape index (κ3) is 8.08. The number of guanidine groups is 1. The van der Waals surface area contributed by atoms with Crippen molar-refractivity contribution in [1.82, 2.24) is 5.32 Å². The number of nitrogens with zero attached hydrogens (tertiary/aromatic N) is 1. The van der Waals surface area contributed by atoms with Crippen LogP contribution >= 0.6 is 0 Å².